The van der Waals surface area contributed by atoms with E-state index in [4.69, 9.17) is 14.2 Å². The van der Waals surface area contributed by atoms with Gasteiger partial charge in [-0.25, -0.2) is 4.39 Å². The largest absolute Gasteiger partial charge is 0.494 e. The summed E-state index contributed by atoms with van der Waals surface area (Å²) in [5, 5.41) is 19.2. The van der Waals surface area contributed by atoms with Gasteiger partial charge in [0.15, 0.2) is 11.5 Å². The molecule has 0 unspecified atom stereocenters. The van der Waals surface area contributed by atoms with Crippen molar-refractivity contribution in [2.24, 2.45) is 22.2 Å². The van der Waals surface area contributed by atoms with Crippen LogP contribution in [0.3, 0.4) is 0 Å². The Morgan fingerprint density at radius 1 is 1.06 bits per heavy atom. The molecule has 8 rings (SSSR count). The summed E-state index contributed by atoms with van der Waals surface area (Å²) in [6.07, 6.45) is 12.4. The summed E-state index contributed by atoms with van der Waals surface area (Å²) in [7, 11) is 1.52. The zero-order valence-corrected chi connectivity index (χ0v) is 29.1. The van der Waals surface area contributed by atoms with Gasteiger partial charge in [-0.3, -0.25) is 14.5 Å². The number of alkyl halides is 1. The maximum Gasteiger partial charge on any atom is 0.256 e. The molecular weight excluding hydrogens is 637 g/mol. The van der Waals surface area contributed by atoms with Crippen molar-refractivity contribution in [3.63, 3.8) is 0 Å². The highest BCUT2D eigenvalue weighted by Crippen LogP contribution is 2.61. The number of carbonyl (C=O) groups is 1. The van der Waals surface area contributed by atoms with E-state index in [-0.39, 0.29) is 43.0 Å². The van der Waals surface area contributed by atoms with Crippen LogP contribution in [0.2, 0.25) is 0 Å². The molecule has 5 aliphatic rings. The van der Waals surface area contributed by atoms with E-state index in [2.05, 4.69) is 40.4 Å². The number of halogens is 1. The number of aliphatic hydroxyl groups is 1. The monoisotopic (exact) mass is 685 g/mol. The van der Waals surface area contributed by atoms with E-state index in [0.29, 0.717) is 52.8 Å². The van der Waals surface area contributed by atoms with Gasteiger partial charge in [-0.05, 0) is 110 Å². The maximum atomic E-state index is 14.0. The number of carbonyl (C=O) groups excluding carboxylic acids is 1. The third-order valence-electron chi connectivity index (χ3n) is 12.4. The van der Waals surface area contributed by atoms with Crippen LogP contribution in [0.15, 0.2) is 41.5 Å². The number of unbranched alkanes of at least 4 members (excludes halogenated alkanes) is 2. The molecule has 2 aliphatic heterocycles. The Kier molecular flexibility index (Phi) is 9.03. The molecule has 3 aliphatic carbocycles. The van der Waals surface area contributed by atoms with Crippen molar-refractivity contribution < 1.29 is 28.5 Å². The Balaban J connectivity index is 0.785. The van der Waals surface area contributed by atoms with E-state index in [1.807, 2.05) is 10.9 Å². The first-order chi connectivity index (χ1) is 24.3. The van der Waals surface area contributed by atoms with Gasteiger partial charge in [0.2, 0.25) is 0 Å². The number of fused-ring (bicyclic) bond motifs is 7. The van der Waals surface area contributed by atoms with Gasteiger partial charge in [0.1, 0.15) is 24.2 Å². The predicted octanol–water partition coefficient (Wildman–Crippen LogP) is 6.60. The SMILES string of the molecule is COc1cc2c(cc1OCc1cn(CCCCCOc3ccc4c(c3)CC[C@@H]3[C@@H]4CC[C@]4(C)[C@@H](O)CC[C@@H]34)nn1)N=C[C@@H]1C[C@@H](F)CN1C2=O. The number of benzene rings is 2. The lowest BCUT2D eigenvalue weighted by Gasteiger charge is -2.50. The van der Waals surface area contributed by atoms with E-state index in [9.17, 15) is 14.3 Å². The van der Waals surface area contributed by atoms with Crippen molar-refractivity contribution in [1.82, 2.24) is 19.9 Å². The minimum Gasteiger partial charge on any atom is -0.494 e. The fraction of sp³-hybridized carbons (Fsp3) is 0.590. The van der Waals surface area contributed by atoms with Crippen molar-refractivity contribution >= 4 is 17.8 Å². The highest BCUT2D eigenvalue weighted by Gasteiger charge is 2.54. The minimum absolute atomic E-state index is 0.0725. The van der Waals surface area contributed by atoms with Crippen molar-refractivity contribution in [1.29, 1.82) is 0 Å². The number of aryl methyl sites for hydroxylation is 2. The Morgan fingerprint density at radius 3 is 2.84 bits per heavy atom. The Labute approximate surface area is 293 Å². The lowest BCUT2D eigenvalue weighted by molar-refractivity contribution is -0.0226. The number of hydrogen-bond donors (Lipinski definition) is 1. The molecule has 266 valence electrons. The van der Waals surface area contributed by atoms with E-state index in [1.165, 1.54) is 42.4 Å². The smallest absolute Gasteiger partial charge is 0.256 e. The number of ether oxygens (including phenoxy) is 3. The van der Waals surface area contributed by atoms with Crippen molar-refractivity contribution in [2.75, 3.05) is 20.3 Å². The fourth-order valence-electron chi connectivity index (χ4n) is 9.64. The molecule has 2 aromatic carbocycles. The number of hydrogen-bond acceptors (Lipinski definition) is 8. The first-order valence-corrected chi connectivity index (χ1v) is 18.5. The molecule has 11 heteroatoms. The molecule has 10 nitrogen and oxygen atoms in total. The van der Waals surface area contributed by atoms with Crippen LogP contribution >= 0.6 is 0 Å². The molecule has 0 spiro atoms. The van der Waals surface area contributed by atoms with Crippen LogP contribution in [0.1, 0.15) is 97.8 Å². The normalized spacial score (nSPS) is 29.4. The highest BCUT2D eigenvalue weighted by molar-refractivity contribution is 6.03. The van der Waals surface area contributed by atoms with Gasteiger partial charge >= 0.3 is 0 Å². The summed E-state index contributed by atoms with van der Waals surface area (Å²) < 4.78 is 33.5. The van der Waals surface area contributed by atoms with Crippen molar-refractivity contribution in [2.45, 2.75) is 109 Å². The fourth-order valence-corrected chi connectivity index (χ4v) is 9.64. The lowest BCUT2D eigenvalue weighted by atomic mass is 9.55. The van der Waals surface area contributed by atoms with E-state index in [0.717, 1.165) is 50.8 Å². The molecule has 0 bridgehead atoms. The zero-order valence-electron chi connectivity index (χ0n) is 29.1. The zero-order chi connectivity index (χ0) is 34.4. The van der Waals surface area contributed by atoms with Crippen LogP contribution in [-0.2, 0) is 19.6 Å². The second-order valence-electron chi connectivity index (χ2n) is 15.2. The quantitative estimate of drug-likeness (QED) is 0.227. The standard InChI is InChI=1S/C39H48FN5O5/c1-39-13-12-30-29-9-7-28(16-24(29)6-8-31(30)33(39)10-11-37(39)46)49-15-5-3-4-14-44-22-26(42-43-44)23-50-36-19-34-32(18-35(36)48-2)38(47)45-21-25(40)17-27(45)20-41-34/h7,9,16,18-20,22,25,27,30-31,33,37,46H,3-6,8,10-15,17,21,23H2,1-2H3/t25-,27+,30-,31-,33+,37+,39+/m1/s1. The van der Waals surface area contributed by atoms with Gasteiger partial charge in [0, 0.05) is 25.2 Å². The molecule has 1 saturated heterocycles. The third-order valence-corrected chi connectivity index (χ3v) is 12.4. The van der Waals surface area contributed by atoms with E-state index >= 15 is 0 Å². The lowest BCUT2D eigenvalue weighted by Crippen LogP contribution is -2.43. The van der Waals surface area contributed by atoms with Crippen molar-refractivity contribution in [3.05, 3.63) is 58.9 Å². The number of aromatic nitrogens is 3. The number of rotatable bonds is 11. The van der Waals surface area contributed by atoms with Gasteiger partial charge in [-0.15, -0.1) is 5.10 Å². The number of aliphatic hydroxyl groups excluding tert-OH is 1. The topological polar surface area (TPSA) is 111 Å². The molecule has 3 fully saturated rings. The van der Waals surface area contributed by atoms with E-state index < -0.39 is 6.17 Å². The van der Waals surface area contributed by atoms with Crippen LogP contribution in [0.25, 0.3) is 0 Å². The molecule has 3 aromatic rings. The van der Waals surface area contributed by atoms with Crippen LogP contribution in [0.4, 0.5) is 10.1 Å². The number of aliphatic imine (C=N–C) groups is 1. The number of nitrogens with zero attached hydrogens (tertiary/aromatic N) is 5. The average molecular weight is 686 g/mol. The van der Waals surface area contributed by atoms with Crippen LogP contribution in [0, 0.1) is 17.3 Å². The number of amides is 1. The molecular formula is C39H48FN5O5. The Hall–Kier alpha value is -3.99. The molecule has 1 aromatic heterocycles. The number of methoxy groups -OCH3 is 1. The summed E-state index contributed by atoms with van der Waals surface area (Å²) in [5.74, 6) is 3.57. The summed E-state index contributed by atoms with van der Waals surface area (Å²) in [5.41, 5.74) is 4.63. The first-order valence-electron chi connectivity index (χ1n) is 18.5. The molecule has 7 atom stereocenters. The van der Waals surface area contributed by atoms with E-state index in [1.54, 1.807) is 18.3 Å². The Morgan fingerprint density at radius 2 is 1.96 bits per heavy atom. The maximum absolute atomic E-state index is 14.0. The second-order valence-corrected chi connectivity index (χ2v) is 15.2. The predicted molar refractivity (Wildman–Crippen MR) is 186 cm³/mol. The van der Waals surface area contributed by atoms with Crippen LogP contribution in [-0.4, -0.2) is 75.7 Å². The summed E-state index contributed by atoms with van der Waals surface area (Å²) >= 11 is 0. The summed E-state index contributed by atoms with van der Waals surface area (Å²) in [6, 6.07) is 9.73. The van der Waals surface area contributed by atoms with Gasteiger partial charge in [-0.1, -0.05) is 18.2 Å². The van der Waals surface area contributed by atoms with Gasteiger partial charge < -0.3 is 24.2 Å². The van der Waals surface area contributed by atoms with Crippen LogP contribution < -0.4 is 14.2 Å². The summed E-state index contributed by atoms with van der Waals surface area (Å²) in [6.45, 7) is 4.03. The van der Waals surface area contributed by atoms with Gasteiger partial charge in [-0.2, -0.15) is 0 Å². The summed E-state index contributed by atoms with van der Waals surface area (Å²) in [4.78, 5) is 19.1. The molecule has 1 amide bonds. The van der Waals surface area contributed by atoms with Crippen molar-refractivity contribution in [3.8, 4) is 17.2 Å². The third kappa shape index (κ3) is 6.15. The molecule has 50 heavy (non-hydrogen) atoms. The average Bonchev–Trinajstić information content (AvgIpc) is 3.81. The van der Waals surface area contributed by atoms with Crippen LogP contribution in [0.5, 0.6) is 17.2 Å². The first kappa shape index (κ1) is 33.2. The Bertz CT molecular complexity index is 1760. The minimum atomic E-state index is -1.04. The molecule has 0 radical (unpaired) electrons. The second kappa shape index (κ2) is 13.6. The molecule has 1 N–H and O–H groups in total. The molecule has 2 saturated carbocycles. The van der Waals surface area contributed by atoms with Gasteiger partial charge in [0.05, 0.1) is 49.9 Å². The van der Waals surface area contributed by atoms with Gasteiger partial charge in [0.25, 0.3) is 5.91 Å². The highest BCUT2D eigenvalue weighted by atomic mass is 19.1. The molecule has 3 heterocycles.